The summed E-state index contributed by atoms with van der Waals surface area (Å²) < 4.78 is 0. The average molecular weight is 220 g/mol. The number of hydrogen-bond acceptors (Lipinski definition) is 0. The van der Waals surface area contributed by atoms with Gasteiger partial charge in [0.25, 0.3) is 0 Å². The minimum atomic E-state index is 0. The van der Waals surface area contributed by atoms with Crippen molar-refractivity contribution in [1.82, 2.24) is 0 Å². The van der Waals surface area contributed by atoms with Crippen molar-refractivity contribution in [2.45, 2.75) is 0 Å². The van der Waals surface area contributed by atoms with Gasteiger partial charge >= 0.3 is 0 Å². The molecule has 0 saturated heterocycles. The Kier molecular flexibility index (Phi) is 4.72. The first-order chi connectivity index (χ1) is 6.45. The summed E-state index contributed by atoms with van der Waals surface area (Å²) in [5, 5.41) is 2.79. The highest BCUT2D eigenvalue weighted by molar-refractivity contribution is 7.59. The predicted octanol–water partition coefficient (Wildman–Crippen LogP) is 2.43. The van der Waals surface area contributed by atoms with Gasteiger partial charge in [0.15, 0.2) is 0 Å². The average Bonchev–Trinajstić information content (AvgIpc) is 2.21. The van der Waals surface area contributed by atoms with E-state index in [2.05, 4.69) is 60.7 Å². The predicted molar refractivity (Wildman–Crippen MR) is 70.8 cm³/mol. The molecule has 2 aromatic carbocycles. The van der Waals surface area contributed by atoms with E-state index in [1.165, 1.54) is 10.6 Å². The summed E-state index contributed by atoms with van der Waals surface area (Å²) in [6.45, 7) is 0. The van der Waals surface area contributed by atoms with Gasteiger partial charge in [-0.25, -0.2) is 0 Å². The third-order valence-electron chi connectivity index (χ3n) is 1.84. The van der Waals surface area contributed by atoms with Crippen LogP contribution in [0.2, 0.25) is 0 Å². The summed E-state index contributed by atoms with van der Waals surface area (Å²) in [5.41, 5.74) is 0. The van der Waals surface area contributed by atoms with E-state index in [4.69, 9.17) is 0 Å². The minimum absolute atomic E-state index is 0. The van der Waals surface area contributed by atoms with Crippen molar-refractivity contribution in [3.05, 3.63) is 60.7 Å². The number of rotatable bonds is 2. The van der Waals surface area contributed by atoms with Crippen LogP contribution in [0.1, 0.15) is 0 Å². The normalized spacial score (nSPS) is 9.14. The summed E-state index contributed by atoms with van der Waals surface area (Å²) in [6, 6.07) is 21.2. The molecule has 72 valence electrons. The van der Waals surface area contributed by atoms with Crippen LogP contribution in [0, 0.1) is 0 Å². The standard InChI is InChI=1S/C12H11P.H2S/c1-3-7-11(8-4-1)13-12-9-5-2-6-10-12;/h1-10,13H;1H2. The molecule has 0 radical (unpaired) electrons. The maximum absolute atomic E-state index is 2.17. The van der Waals surface area contributed by atoms with E-state index < -0.39 is 0 Å². The van der Waals surface area contributed by atoms with Gasteiger partial charge in [-0.05, 0) is 10.6 Å². The van der Waals surface area contributed by atoms with Crippen LogP contribution in [-0.2, 0) is 0 Å². The molecule has 0 heterocycles. The number of benzene rings is 2. The molecule has 0 fully saturated rings. The van der Waals surface area contributed by atoms with Gasteiger partial charge in [0.05, 0.1) is 0 Å². The first kappa shape index (κ1) is 11.3. The second kappa shape index (κ2) is 5.85. The molecule has 0 amide bonds. The minimum Gasteiger partial charge on any atom is -0.197 e. The summed E-state index contributed by atoms with van der Waals surface area (Å²) in [6.07, 6.45) is 0. The zero-order valence-corrected chi connectivity index (χ0v) is 9.77. The van der Waals surface area contributed by atoms with Gasteiger partial charge in [0, 0.05) is 0 Å². The Bertz CT molecular complexity index is 321. The van der Waals surface area contributed by atoms with E-state index in [1.807, 2.05) is 0 Å². The maximum atomic E-state index is 2.17. The van der Waals surface area contributed by atoms with Gasteiger partial charge in [-0.2, -0.15) is 13.5 Å². The fourth-order valence-corrected chi connectivity index (χ4v) is 2.26. The van der Waals surface area contributed by atoms with Crippen LogP contribution in [0.3, 0.4) is 0 Å². The molecule has 2 rings (SSSR count). The molecular weight excluding hydrogens is 207 g/mol. The van der Waals surface area contributed by atoms with Crippen molar-refractivity contribution in [3.63, 3.8) is 0 Å². The molecule has 0 aliphatic heterocycles. The summed E-state index contributed by atoms with van der Waals surface area (Å²) in [7, 11) is 0.777. The molecule has 0 bridgehead atoms. The summed E-state index contributed by atoms with van der Waals surface area (Å²) in [4.78, 5) is 0. The molecule has 0 aliphatic rings. The Labute approximate surface area is 93.6 Å². The van der Waals surface area contributed by atoms with Crippen LogP contribution in [-0.4, -0.2) is 0 Å². The Morgan fingerprint density at radius 3 is 1.29 bits per heavy atom. The highest BCUT2D eigenvalue weighted by Gasteiger charge is 1.92. The largest absolute Gasteiger partial charge is 0.197 e. The Balaban J connectivity index is 0.000000980. The second-order valence-electron chi connectivity index (χ2n) is 2.86. The first-order valence-corrected chi connectivity index (χ1v) is 5.32. The lowest BCUT2D eigenvalue weighted by molar-refractivity contribution is 1.76. The monoisotopic (exact) mass is 220 g/mol. The van der Waals surface area contributed by atoms with Crippen molar-refractivity contribution in [1.29, 1.82) is 0 Å². The van der Waals surface area contributed by atoms with Gasteiger partial charge in [0.2, 0.25) is 0 Å². The van der Waals surface area contributed by atoms with Gasteiger partial charge in [-0.15, -0.1) is 0 Å². The lowest BCUT2D eigenvalue weighted by Gasteiger charge is -2.00. The molecule has 0 aromatic heterocycles. The third kappa shape index (κ3) is 3.17. The molecule has 0 unspecified atom stereocenters. The topological polar surface area (TPSA) is 0 Å². The lowest BCUT2D eigenvalue weighted by atomic mass is 10.4. The Morgan fingerprint density at radius 2 is 0.929 bits per heavy atom. The molecule has 0 N–H and O–H groups in total. The highest BCUT2D eigenvalue weighted by atomic mass is 32.1. The summed E-state index contributed by atoms with van der Waals surface area (Å²) >= 11 is 0. The third-order valence-corrected chi connectivity index (χ3v) is 3.08. The molecule has 0 aliphatic carbocycles. The molecule has 2 heteroatoms. The molecule has 0 nitrogen and oxygen atoms in total. The first-order valence-electron chi connectivity index (χ1n) is 4.32. The van der Waals surface area contributed by atoms with Crippen molar-refractivity contribution >= 4 is 32.7 Å². The van der Waals surface area contributed by atoms with Gasteiger partial charge in [-0.3, -0.25) is 0 Å². The van der Waals surface area contributed by atoms with Crippen LogP contribution in [0.15, 0.2) is 60.7 Å². The van der Waals surface area contributed by atoms with Crippen LogP contribution >= 0.6 is 22.1 Å². The molecule has 14 heavy (non-hydrogen) atoms. The highest BCUT2D eigenvalue weighted by Crippen LogP contribution is 2.08. The van der Waals surface area contributed by atoms with Crippen LogP contribution in [0.5, 0.6) is 0 Å². The lowest BCUT2D eigenvalue weighted by Crippen LogP contribution is -2.01. The maximum Gasteiger partial charge on any atom is -0.0226 e. The smallest absolute Gasteiger partial charge is 0.0226 e. The van der Waals surface area contributed by atoms with E-state index in [0.29, 0.717) is 0 Å². The van der Waals surface area contributed by atoms with Crippen molar-refractivity contribution < 1.29 is 0 Å². The van der Waals surface area contributed by atoms with E-state index in [1.54, 1.807) is 0 Å². The van der Waals surface area contributed by atoms with E-state index in [0.717, 1.165) is 8.58 Å². The van der Waals surface area contributed by atoms with E-state index in [9.17, 15) is 0 Å². The second-order valence-corrected chi connectivity index (χ2v) is 4.26. The van der Waals surface area contributed by atoms with E-state index >= 15 is 0 Å². The van der Waals surface area contributed by atoms with Crippen LogP contribution in [0.25, 0.3) is 0 Å². The fraction of sp³-hybridized carbons (Fsp3) is 0. The summed E-state index contributed by atoms with van der Waals surface area (Å²) in [5.74, 6) is 0. The quantitative estimate of drug-likeness (QED) is 0.682. The molecular formula is C12H13PS. The van der Waals surface area contributed by atoms with Crippen molar-refractivity contribution in [2.75, 3.05) is 0 Å². The van der Waals surface area contributed by atoms with Crippen molar-refractivity contribution in [3.8, 4) is 0 Å². The van der Waals surface area contributed by atoms with Gasteiger partial charge in [0.1, 0.15) is 0 Å². The SMILES string of the molecule is S.c1ccc(Pc2ccccc2)cc1. The van der Waals surface area contributed by atoms with Gasteiger partial charge in [-0.1, -0.05) is 69.2 Å². The molecule has 0 atom stereocenters. The molecule has 0 saturated carbocycles. The van der Waals surface area contributed by atoms with Gasteiger partial charge < -0.3 is 0 Å². The van der Waals surface area contributed by atoms with E-state index in [-0.39, 0.29) is 13.5 Å². The Morgan fingerprint density at radius 1 is 0.571 bits per heavy atom. The Hall–Kier alpha value is -0.780. The van der Waals surface area contributed by atoms with Crippen molar-refractivity contribution in [2.24, 2.45) is 0 Å². The van der Waals surface area contributed by atoms with Crippen LogP contribution < -0.4 is 10.6 Å². The zero-order valence-electron chi connectivity index (χ0n) is 7.77. The zero-order chi connectivity index (χ0) is 8.93. The molecule has 2 aromatic rings. The van der Waals surface area contributed by atoms with Crippen LogP contribution in [0.4, 0.5) is 0 Å². The fourth-order valence-electron chi connectivity index (χ4n) is 1.21. The number of hydrogen-bond donors (Lipinski definition) is 0. The molecule has 0 spiro atoms.